The summed E-state index contributed by atoms with van der Waals surface area (Å²) < 4.78 is 1.86. The molecule has 150 valence electrons. The van der Waals surface area contributed by atoms with Gasteiger partial charge in [-0.25, -0.2) is 4.79 Å². The summed E-state index contributed by atoms with van der Waals surface area (Å²) >= 11 is 0. The van der Waals surface area contributed by atoms with Crippen molar-refractivity contribution in [3.05, 3.63) is 48.5 Å². The van der Waals surface area contributed by atoms with E-state index in [1.54, 1.807) is 17.3 Å². The van der Waals surface area contributed by atoms with Gasteiger partial charge in [0.2, 0.25) is 5.91 Å². The summed E-state index contributed by atoms with van der Waals surface area (Å²) in [4.78, 5) is 30.8. The molecular weight excluding hydrogens is 356 g/mol. The van der Waals surface area contributed by atoms with E-state index in [1.807, 2.05) is 42.1 Å². The molecule has 0 spiro atoms. The molecule has 0 saturated carbocycles. The van der Waals surface area contributed by atoms with Gasteiger partial charge in [-0.3, -0.25) is 14.5 Å². The van der Waals surface area contributed by atoms with E-state index in [9.17, 15) is 9.59 Å². The third kappa shape index (κ3) is 5.80. The van der Waals surface area contributed by atoms with E-state index < -0.39 is 0 Å². The number of nitrogens with zero attached hydrogens (tertiary/aromatic N) is 4. The Morgan fingerprint density at radius 1 is 1.21 bits per heavy atom. The van der Waals surface area contributed by atoms with Gasteiger partial charge in [0.05, 0.1) is 12.2 Å². The molecule has 8 nitrogen and oxygen atoms in total. The molecule has 2 aromatic heterocycles. The Bertz CT molecular complexity index is 741. The average molecular weight is 384 g/mol. The normalized spacial score (nSPS) is 15.8. The minimum Gasteiger partial charge on any atom is -0.350 e. The lowest BCUT2D eigenvalue weighted by molar-refractivity contribution is -0.126. The van der Waals surface area contributed by atoms with Crippen molar-refractivity contribution in [1.82, 2.24) is 30.3 Å². The molecule has 3 heterocycles. The number of piperidine rings is 1. The molecular formula is C20H28N6O2. The van der Waals surface area contributed by atoms with E-state index in [1.165, 1.54) is 0 Å². The third-order valence-corrected chi connectivity index (χ3v) is 5.04. The Labute approximate surface area is 165 Å². The van der Waals surface area contributed by atoms with Gasteiger partial charge in [-0.15, -0.1) is 0 Å². The topological polar surface area (TPSA) is 92.2 Å². The fourth-order valence-corrected chi connectivity index (χ4v) is 3.30. The van der Waals surface area contributed by atoms with Crippen LogP contribution in [-0.2, 0) is 17.9 Å². The number of likely N-dealkylation sites (tertiary alicyclic amines) is 1. The first-order chi connectivity index (χ1) is 13.6. The summed E-state index contributed by atoms with van der Waals surface area (Å²) in [5.74, 6) is -0.0108. The number of aromatic nitrogens is 3. The quantitative estimate of drug-likeness (QED) is 0.761. The van der Waals surface area contributed by atoms with Crippen molar-refractivity contribution in [2.75, 3.05) is 13.1 Å². The molecule has 1 atom stereocenters. The summed E-state index contributed by atoms with van der Waals surface area (Å²) in [6.45, 7) is 4.40. The molecule has 0 aromatic carbocycles. The molecule has 8 heteroatoms. The van der Waals surface area contributed by atoms with Crippen LogP contribution in [-0.4, -0.2) is 50.7 Å². The highest BCUT2D eigenvalue weighted by atomic mass is 16.2. The van der Waals surface area contributed by atoms with Crippen LogP contribution in [0.5, 0.6) is 0 Å². The molecule has 1 aliphatic heterocycles. The fourth-order valence-electron chi connectivity index (χ4n) is 3.30. The van der Waals surface area contributed by atoms with Crippen LogP contribution >= 0.6 is 0 Å². The minimum absolute atomic E-state index is 0.0401. The van der Waals surface area contributed by atoms with Crippen molar-refractivity contribution in [3.8, 4) is 0 Å². The number of amides is 3. The summed E-state index contributed by atoms with van der Waals surface area (Å²) in [6.07, 6.45) is 7.57. The maximum Gasteiger partial charge on any atom is 0.317 e. The van der Waals surface area contributed by atoms with E-state index in [0.717, 1.165) is 18.7 Å². The van der Waals surface area contributed by atoms with Crippen LogP contribution in [0.25, 0.3) is 0 Å². The van der Waals surface area contributed by atoms with Crippen molar-refractivity contribution in [3.63, 3.8) is 0 Å². The van der Waals surface area contributed by atoms with Gasteiger partial charge < -0.3 is 15.5 Å². The summed E-state index contributed by atoms with van der Waals surface area (Å²) in [5, 5.41) is 10.2. The van der Waals surface area contributed by atoms with Crippen LogP contribution in [0.1, 0.15) is 31.9 Å². The molecule has 1 aliphatic rings. The highest BCUT2D eigenvalue weighted by Crippen LogP contribution is 2.17. The van der Waals surface area contributed by atoms with Crippen LogP contribution in [0.15, 0.2) is 42.9 Å². The second-order valence-electron chi connectivity index (χ2n) is 7.21. The van der Waals surface area contributed by atoms with Crippen molar-refractivity contribution in [1.29, 1.82) is 0 Å². The highest BCUT2D eigenvalue weighted by molar-refractivity contribution is 5.79. The van der Waals surface area contributed by atoms with E-state index >= 15 is 0 Å². The van der Waals surface area contributed by atoms with Gasteiger partial charge in [0.15, 0.2) is 0 Å². The number of hydrogen-bond donors (Lipinski definition) is 2. The van der Waals surface area contributed by atoms with Crippen LogP contribution in [0, 0.1) is 5.92 Å². The first-order valence-corrected chi connectivity index (χ1v) is 9.82. The Morgan fingerprint density at radius 3 is 2.71 bits per heavy atom. The van der Waals surface area contributed by atoms with Crippen molar-refractivity contribution in [2.45, 2.75) is 45.3 Å². The highest BCUT2D eigenvalue weighted by Gasteiger charge is 2.27. The van der Waals surface area contributed by atoms with E-state index in [-0.39, 0.29) is 23.9 Å². The SMILES string of the molecule is C[C@@H](CCn1cccn1)NC(=O)N1CCC(C(=O)NCc2ccccn2)CC1. The first kappa shape index (κ1) is 19.9. The molecule has 1 saturated heterocycles. The van der Waals surface area contributed by atoms with Gasteiger partial charge in [-0.2, -0.15) is 5.10 Å². The zero-order valence-electron chi connectivity index (χ0n) is 16.3. The summed E-state index contributed by atoms with van der Waals surface area (Å²) in [6, 6.07) is 7.54. The number of carbonyl (C=O) groups excluding carboxylic acids is 2. The largest absolute Gasteiger partial charge is 0.350 e. The molecule has 3 rings (SSSR count). The number of hydrogen-bond acceptors (Lipinski definition) is 4. The molecule has 0 radical (unpaired) electrons. The monoisotopic (exact) mass is 384 g/mol. The van der Waals surface area contributed by atoms with Gasteiger partial charge in [0.25, 0.3) is 0 Å². The second kappa shape index (κ2) is 9.87. The molecule has 3 amide bonds. The van der Waals surface area contributed by atoms with E-state index in [2.05, 4.69) is 20.7 Å². The standard InChI is InChI=1S/C20H28N6O2/c1-16(6-14-26-11-4-10-23-26)24-20(28)25-12-7-17(8-13-25)19(27)22-15-18-5-2-3-9-21-18/h2-5,9-11,16-17H,6-8,12-15H2,1H3,(H,22,27)(H,24,28)/t16-/m0/s1. The second-order valence-corrected chi connectivity index (χ2v) is 7.21. The molecule has 0 aliphatic carbocycles. The summed E-state index contributed by atoms with van der Waals surface area (Å²) in [7, 11) is 0. The molecule has 1 fully saturated rings. The number of nitrogens with one attached hydrogen (secondary N) is 2. The number of urea groups is 1. The fraction of sp³-hybridized carbons (Fsp3) is 0.500. The van der Waals surface area contributed by atoms with Crippen LogP contribution in [0.4, 0.5) is 4.79 Å². The van der Waals surface area contributed by atoms with Crippen LogP contribution in [0.3, 0.4) is 0 Å². The molecule has 2 aromatic rings. The average Bonchev–Trinajstić information content (AvgIpc) is 3.25. The molecule has 0 bridgehead atoms. The van der Waals surface area contributed by atoms with Crippen molar-refractivity contribution < 1.29 is 9.59 Å². The van der Waals surface area contributed by atoms with Gasteiger partial charge in [-0.1, -0.05) is 6.07 Å². The number of carbonyl (C=O) groups is 2. The predicted molar refractivity (Wildman–Crippen MR) is 105 cm³/mol. The first-order valence-electron chi connectivity index (χ1n) is 9.82. The van der Waals surface area contributed by atoms with Gasteiger partial charge >= 0.3 is 6.03 Å². The Balaban J connectivity index is 1.35. The lowest BCUT2D eigenvalue weighted by atomic mass is 9.96. The summed E-state index contributed by atoms with van der Waals surface area (Å²) in [5.41, 5.74) is 0.844. The molecule has 2 N–H and O–H groups in total. The van der Waals surface area contributed by atoms with E-state index in [0.29, 0.717) is 32.5 Å². The lowest BCUT2D eigenvalue weighted by Crippen LogP contribution is -2.49. The smallest absolute Gasteiger partial charge is 0.317 e. The maximum absolute atomic E-state index is 12.4. The zero-order chi connectivity index (χ0) is 19.8. The molecule has 0 unspecified atom stereocenters. The lowest BCUT2D eigenvalue weighted by Gasteiger charge is -2.32. The zero-order valence-corrected chi connectivity index (χ0v) is 16.3. The Kier molecular flexibility index (Phi) is 7.00. The van der Waals surface area contributed by atoms with Gasteiger partial charge in [0, 0.05) is 50.2 Å². The Morgan fingerprint density at radius 2 is 2.04 bits per heavy atom. The number of aryl methyl sites for hydroxylation is 1. The third-order valence-electron chi connectivity index (χ3n) is 5.04. The van der Waals surface area contributed by atoms with Gasteiger partial charge in [0.1, 0.15) is 0 Å². The number of rotatable bonds is 7. The predicted octanol–water partition coefficient (Wildman–Crippen LogP) is 1.79. The molecule has 28 heavy (non-hydrogen) atoms. The van der Waals surface area contributed by atoms with Crippen molar-refractivity contribution in [2.24, 2.45) is 5.92 Å². The number of pyridine rings is 1. The van der Waals surface area contributed by atoms with Crippen LogP contribution in [0.2, 0.25) is 0 Å². The van der Waals surface area contributed by atoms with Crippen LogP contribution < -0.4 is 10.6 Å². The minimum atomic E-state index is -0.0553. The van der Waals surface area contributed by atoms with E-state index in [4.69, 9.17) is 0 Å². The Hall–Kier alpha value is -2.90. The van der Waals surface area contributed by atoms with Crippen molar-refractivity contribution >= 4 is 11.9 Å². The van der Waals surface area contributed by atoms with Gasteiger partial charge in [-0.05, 0) is 44.4 Å². The maximum atomic E-state index is 12.4.